The SMILES string of the molecule is C[C@@H]1C=CC(O)C2OC(C)(C)O[C@H]2CC=Cc2cc(O)cc(O)c2C(=O)O[C@H]1C. The van der Waals surface area contributed by atoms with Gasteiger partial charge in [0.05, 0.1) is 6.10 Å². The summed E-state index contributed by atoms with van der Waals surface area (Å²) in [5, 5.41) is 30.7. The van der Waals surface area contributed by atoms with Gasteiger partial charge in [-0.1, -0.05) is 31.2 Å². The van der Waals surface area contributed by atoms with Gasteiger partial charge in [0.25, 0.3) is 0 Å². The molecule has 5 atom stereocenters. The van der Waals surface area contributed by atoms with Gasteiger partial charge in [0.1, 0.15) is 35.4 Å². The highest BCUT2D eigenvalue weighted by Gasteiger charge is 2.43. The Hall–Kier alpha value is -2.35. The van der Waals surface area contributed by atoms with E-state index in [9.17, 15) is 20.1 Å². The van der Waals surface area contributed by atoms with Crippen molar-refractivity contribution >= 4 is 12.0 Å². The molecular weight excluding hydrogens is 376 g/mol. The summed E-state index contributed by atoms with van der Waals surface area (Å²) in [6, 6.07) is 2.49. The van der Waals surface area contributed by atoms with Gasteiger partial charge >= 0.3 is 5.97 Å². The zero-order valence-corrected chi connectivity index (χ0v) is 17.0. The van der Waals surface area contributed by atoms with Gasteiger partial charge in [-0.15, -0.1) is 0 Å². The molecule has 29 heavy (non-hydrogen) atoms. The van der Waals surface area contributed by atoms with E-state index >= 15 is 0 Å². The standard InChI is InChI=1S/C22H28O7/c1-12-8-9-16(24)20-18(28-22(3,4)29-20)7-5-6-14-10-15(23)11-17(25)19(14)21(26)27-13(12)2/h5-6,8-13,16,18,20,23-25H,7H2,1-4H3/t12-,13+,16?,18+,20?/m1/s1. The van der Waals surface area contributed by atoms with E-state index < -0.39 is 36.2 Å². The number of hydrogen-bond acceptors (Lipinski definition) is 7. The molecule has 0 amide bonds. The van der Waals surface area contributed by atoms with Crippen LogP contribution in [-0.2, 0) is 14.2 Å². The Morgan fingerprint density at radius 2 is 1.83 bits per heavy atom. The summed E-state index contributed by atoms with van der Waals surface area (Å²) in [4.78, 5) is 12.7. The maximum Gasteiger partial charge on any atom is 0.342 e. The summed E-state index contributed by atoms with van der Waals surface area (Å²) in [5.74, 6) is -2.24. The van der Waals surface area contributed by atoms with Crippen LogP contribution in [0.2, 0.25) is 0 Å². The topological polar surface area (TPSA) is 105 Å². The quantitative estimate of drug-likeness (QED) is 0.451. The van der Waals surface area contributed by atoms with Crippen LogP contribution < -0.4 is 0 Å². The molecule has 158 valence electrons. The second-order valence-electron chi connectivity index (χ2n) is 8.05. The van der Waals surface area contributed by atoms with Crippen LogP contribution in [0.4, 0.5) is 0 Å². The molecule has 0 aliphatic carbocycles. The Kier molecular flexibility index (Phi) is 6.03. The van der Waals surface area contributed by atoms with Gasteiger partial charge in [0.15, 0.2) is 5.79 Å². The largest absolute Gasteiger partial charge is 0.508 e. The molecule has 1 fully saturated rings. The molecule has 3 N–H and O–H groups in total. The maximum absolute atomic E-state index is 12.7. The first-order valence-electron chi connectivity index (χ1n) is 9.73. The van der Waals surface area contributed by atoms with Crippen LogP contribution in [0.25, 0.3) is 6.08 Å². The van der Waals surface area contributed by atoms with Crippen molar-refractivity contribution in [2.75, 3.05) is 0 Å². The third kappa shape index (κ3) is 4.80. The van der Waals surface area contributed by atoms with Gasteiger partial charge in [-0.3, -0.25) is 0 Å². The first-order valence-corrected chi connectivity index (χ1v) is 9.73. The predicted octanol–water partition coefficient (Wildman–Crippen LogP) is 3.13. The average molecular weight is 404 g/mol. The van der Waals surface area contributed by atoms with Crippen molar-refractivity contribution in [2.45, 2.75) is 64.3 Å². The molecule has 1 aromatic carbocycles. The molecule has 2 aliphatic heterocycles. The van der Waals surface area contributed by atoms with Gasteiger partial charge in [0.2, 0.25) is 0 Å². The Labute approximate surface area is 170 Å². The summed E-state index contributed by atoms with van der Waals surface area (Å²) in [5.41, 5.74) is 0.315. The molecular formula is C22H28O7. The van der Waals surface area contributed by atoms with Crippen LogP contribution in [0.3, 0.4) is 0 Å². The number of hydrogen-bond donors (Lipinski definition) is 3. The summed E-state index contributed by atoms with van der Waals surface area (Å²) in [7, 11) is 0. The van der Waals surface area contributed by atoms with Crippen molar-refractivity contribution in [3.05, 3.63) is 41.5 Å². The number of phenols is 2. The van der Waals surface area contributed by atoms with Gasteiger partial charge in [-0.05, 0) is 38.8 Å². The lowest BCUT2D eigenvalue weighted by atomic mass is 9.99. The average Bonchev–Trinajstić information content (AvgIpc) is 2.92. The number of cyclic esters (lactones) is 1. The number of rotatable bonds is 0. The summed E-state index contributed by atoms with van der Waals surface area (Å²) >= 11 is 0. The summed E-state index contributed by atoms with van der Waals surface area (Å²) in [6.07, 6.45) is 4.82. The van der Waals surface area contributed by atoms with Gasteiger partial charge in [-0.2, -0.15) is 0 Å². The zero-order valence-electron chi connectivity index (χ0n) is 17.0. The molecule has 2 heterocycles. The van der Waals surface area contributed by atoms with E-state index in [1.54, 1.807) is 45.1 Å². The zero-order chi connectivity index (χ0) is 21.3. The lowest BCUT2D eigenvalue weighted by Gasteiger charge is -2.22. The van der Waals surface area contributed by atoms with Crippen LogP contribution in [0.1, 0.15) is 50.0 Å². The first kappa shape index (κ1) is 21.4. The molecule has 2 aliphatic rings. The fourth-order valence-electron chi connectivity index (χ4n) is 3.54. The van der Waals surface area contributed by atoms with E-state index in [2.05, 4.69) is 0 Å². The van der Waals surface area contributed by atoms with Gasteiger partial charge in [0, 0.05) is 12.0 Å². The molecule has 0 spiro atoms. The molecule has 0 saturated carbocycles. The number of fused-ring (bicyclic) bond motifs is 2. The minimum absolute atomic E-state index is 0.0142. The third-order valence-corrected chi connectivity index (χ3v) is 5.21. The molecule has 7 nitrogen and oxygen atoms in total. The molecule has 2 unspecified atom stereocenters. The molecule has 1 aromatic rings. The number of benzene rings is 1. The lowest BCUT2D eigenvalue weighted by molar-refractivity contribution is -0.152. The van der Waals surface area contributed by atoms with Crippen molar-refractivity contribution in [1.29, 1.82) is 0 Å². The number of carbonyl (C=O) groups excluding carboxylic acids is 1. The second kappa shape index (κ2) is 8.18. The number of aliphatic hydroxyl groups excluding tert-OH is 1. The predicted molar refractivity (Wildman–Crippen MR) is 106 cm³/mol. The van der Waals surface area contributed by atoms with E-state index in [1.165, 1.54) is 6.07 Å². The van der Waals surface area contributed by atoms with Gasteiger partial charge < -0.3 is 29.5 Å². The minimum Gasteiger partial charge on any atom is -0.508 e. The maximum atomic E-state index is 12.7. The van der Waals surface area contributed by atoms with E-state index in [0.29, 0.717) is 12.0 Å². The number of aromatic hydroxyl groups is 2. The number of ether oxygens (including phenoxy) is 3. The third-order valence-electron chi connectivity index (χ3n) is 5.21. The van der Waals surface area contributed by atoms with Crippen LogP contribution >= 0.6 is 0 Å². The monoisotopic (exact) mass is 404 g/mol. The van der Waals surface area contributed by atoms with Crippen molar-refractivity contribution < 1.29 is 34.3 Å². The second-order valence-corrected chi connectivity index (χ2v) is 8.05. The highest BCUT2D eigenvalue weighted by Crippen LogP contribution is 2.34. The normalized spacial score (nSPS) is 32.2. The fraction of sp³-hybridized carbons (Fsp3) is 0.500. The number of carbonyl (C=O) groups is 1. The number of esters is 1. The minimum atomic E-state index is -0.885. The molecule has 0 bridgehead atoms. The highest BCUT2D eigenvalue weighted by molar-refractivity contribution is 5.97. The molecule has 0 aromatic heterocycles. The molecule has 3 rings (SSSR count). The van der Waals surface area contributed by atoms with Crippen molar-refractivity contribution in [3.63, 3.8) is 0 Å². The highest BCUT2D eigenvalue weighted by atomic mass is 16.8. The Morgan fingerprint density at radius 3 is 2.55 bits per heavy atom. The van der Waals surface area contributed by atoms with Crippen LogP contribution in [-0.4, -0.2) is 51.5 Å². The number of phenolic OH excluding ortho intramolecular Hbond substituents is 2. The van der Waals surface area contributed by atoms with Crippen LogP contribution in [0.15, 0.2) is 30.4 Å². The fourth-order valence-corrected chi connectivity index (χ4v) is 3.54. The first-order chi connectivity index (χ1) is 13.6. The summed E-state index contributed by atoms with van der Waals surface area (Å²) < 4.78 is 17.3. The Balaban J connectivity index is 2.02. The smallest absolute Gasteiger partial charge is 0.342 e. The Bertz CT molecular complexity index is 827. The number of aliphatic hydroxyl groups is 1. The van der Waals surface area contributed by atoms with Crippen molar-refractivity contribution in [3.8, 4) is 11.5 Å². The summed E-state index contributed by atoms with van der Waals surface area (Å²) in [6.45, 7) is 7.17. The lowest BCUT2D eigenvalue weighted by Crippen LogP contribution is -2.34. The van der Waals surface area contributed by atoms with Crippen molar-refractivity contribution in [2.24, 2.45) is 5.92 Å². The van der Waals surface area contributed by atoms with E-state index in [4.69, 9.17) is 14.2 Å². The van der Waals surface area contributed by atoms with E-state index in [0.717, 1.165) is 6.07 Å². The Morgan fingerprint density at radius 1 is 1.10 bits per heavy atom. The molecule has 7 heteroatoms. The molecule has 0 radical (unpaired) electrons. The van der Waals surface area contributed by atoms with Gasteiger partial charge in [-0.25, -0.2) is 4.79 Å². The van der Waals surface area contributed by atoms with Crippen molar-refractivity contribution in [1.82, 2.24) is 0 Å². The molecule has 1 saturated heterocycles. The van der Waals surface area contributed by atoms with Crippen LogP contribution in [0, 0.1) is 5.92 Å². The van der Waals surface area contributed by atoms with E-state index in [-0.39, 0.29) is 23.0 Å². The van der Waals surface area contributed by atoms with Crippen LogP contribution in [0.5, 0.6) is 11.5 Å². The van der Waals surface area contributed by atoms with E-state index in [1.807, 2.05) is 6.92 Å².